The third-order valence-corrected chi connectivity index (χ3v) is 19.6. The minimum absolute atomic E-state index is 0.101. The lowest BCUT2D eigenvalue weighted by Gasteiger charge is -2.21. The second-order valence-electron chi connectivity index (χ2n) is 28.7. The first-order valence-electron chi connectivity index (χ1n) is 38.7. The van der Waals surface area contributed by atoms with E-state index < -0.39 is 97.5 Å². The van der Waals surface area contributed by atoms with Gasteiger partial charge in [-0.1, -0.05) is 325 Å². The van der Waals surface area contributed by atoms with Crippen LogP contribution in [0.3, 0.4) is 0 Å². The number of phosphoric acid groups is 2. The molecule has 0 radical (unpaired) electrons. The first-order valence-corrected chi connectivity index (χ1v) is 41.7. The van der Waals surface area contributed by atoms with Gasteiger partial charge in [0, 0.05) is 25.7 Å². The van der Waals surface area contributed by atoms with Crippen LogP contribution in [0.2, 0.25) is 0 Å². The number of ether oxygens (including phenoxy) is 4. The zero-order valence-corrected chi connectivity index (χ0v) is 63.4. The van der Waals surface area contributed by atoms with Crippen molar-refractivity contribution in [3.8, 4) is 0 Å². The van der Waals surface area contributed by atoms with Gasteiger partial charge in [0.15, 0.2) is 12.2 Å². The van der Waals surface area contributed by atoms with Gasteiger partial charge in [0.1, 0.15) is 19.3 Å². The quantitative estimate of drug-likeness (QED) is 0.0222. The van der Waals surface area contributed by atoms with Gasteiger partial charge in [0.25, 0.3) is 0 Å². The summed E-state index contributed by atoms with van der Waals surface area (Å²) < 4.78 is 68.4. The second-order valence-corrected chi connectivity index (χ2v) is 31.6. The number of carbonyl (C=O) groups excluding carboxylic acids is 4. The zero-order chi connectivity index (χ0) is 69.6. The van der Waals surface area contributed by atoms with E-state index in [1.807, 2.05) is 0 Å². The Kier molecular flexibility index (Phi) is 63.1. The molecule has 0 aromatic carbocycles. The normalized spacial score (nSPS) is 14.4. The Morgan fingerprint density at radius 3 is 0.755 bits per heavy atom. The lowest BCUT2D eigenvalue weighted by molar-refractivity contribution is -0.161. The van der Waals surface area contributed by atoms with E-state index >= 15 is 0 Å². The molecule has 0 rings (SSSR count). The SMILES string of the molecule is CCC(C)CCCCCCCCC(=O)OC[C@H](COP(=O)(O)OC[C@H](O)COP(=O)(O)OC[C@@H](COC(=O)CCCCCCCCCCCCCCCC(C)C)OC(=O)CCCCCCCCCCCCCCCCCCC(C)C)OC(=O)CCCCCCCCC(C)C. The maximum absolute atomic E-state index is 13.1. The molecule has 0 saturated carbocycles. The van der Waals surface area contributed by atoms with E-state index in [0.717, 1.165) is 114 Å². The topological polar surface area (TPSA) is 237 Å². The number of unbranched alkanes of at least 4 members (excludes halogenated alkanes) is 37. The minimum Gasteiger partial charge on any atom is -0.462 e. The molecule has 0 fully saturated rings. The molecule has 0 aliphatic heterocycles. The van der Waals surface area contributed by atoms with Gasteiger partial charge in [-0.25, -0.2) is 9.13 Å². The molecule has 17 nitrogen and oxygen atoms in total. The molecule has 0 aromatic heterocycles. The summed E-state index contributed by atoms with van der Waals surface area (Å²) >= 11 is 0. The van der Waals surface area contributed by atoms with Gasteiger partial charge < -0.3 is 33.8 Å². The number of hydrogen-bond acceptors (Lipinski definition) is 15. The van der Waals surface area contributed by atoms with Gasteiger partial charge in [-0.05, 0) is 49.4 Å². The van der Waals surface area contributed by atoms with E-state index in [-0.39, 0.29) is 25.7 Å². The summed E-state index contributed by atoms with van der Waals surface area (Å²) in [6.07, 6.45) is 48.9. The summed E-state index contributed by atoms with van der Waals surface area (Å²) in [4.78, 5) is 72.7. The highest BCUT2D eigenvalue weighted by Crippen LogP contribution is 2.45. The van der Waals surface area contributed by atoms with E-state index in [4.69, 9.17) is 37.0 Å². The number of rotatable bonds is 72. The van der Waals surface area contributed by atoms with Crippen LogP contribution >= 0.6 is 15.6 Å². The third-order valence-electron chi connectivity index (χ3n) is 17.7. The average Bonchev–Trinajstić information content (AvgIpc) is 1.64. The van der Waals surface area contributed by atoms with Gasteiger partial charge in [0.2, 0.25) is 0 Å². The van der Waals surface area contributed by atoms with Crippen LogP contribution in [0.4, 0.5) is 0 Å². The molecule has 0 amide bonds. The average molecular weight is 1380 g/mol. The van der Waals surface area contributed by atoms with Crippen molar-refractivity contribution in [3.63, 3.8) is 0 Å². The van der Waals surface area contributed by atoms with Crippen molar-refractivity contribution < 1.29 is 80.2 Å². The van der Waals surface area contributed by atoms with Crippen molar-refractivity contribution >= 4 is 39.5 Å². The highest BCUT2D eigenvalue weighted by molar-refractivity contribution is 7.47. The molecule has 0 saturated heterocycles. The fraction of sp³-hybridized carbons (Fsp3) is 0.947. The van der Waals surface area contributed by atoms with Crippen molar-refractivity contribution in [1.82, 2.24) is 0 Å². The lowest BCUT2D eigenvalue weighted by Crippen LogP contribution is -2.30. The van der Waals surface area contributed by atoms with Crippen LogP contribution in [0.15, 0.2) is 0 Å². The zero-order valence-electron chi connectivity index (χ0n) is 61.6. The maximum atomic E-state index is 13.1. The molecule has 3 unspecified atom stereocenters. The summed E-state index contributed by atoms with van der Waals surface area (Å²) in [6.45, 7) is 14.1. The molecule has 0 spiro atoms. The van der Waals surface area contributed by atoms with E-state index in [2.05, 4.69) is 55.4 Å². The van der Waals surface area contributed by atoms with Crippen molar-refractivity contribution in [3.05, 3.63) is 0 Å². The van der Waals surface area contributed by atoms with Crippen molar-refractivity contribution in [1.29, 1.82) is 0 Å². The predicted octanol–water partition coefficient (Wildman–Crippen LogP) is 21.7. The van der Waals surface area contributed by atoms with Gasteiger partial charge in [0.05, 0.1) is 26.4 Å². The van der Waals surface area contributed by atoms with Crippen LogP contribution < -0.4 is 0 Å². The third kappa shape index (κ3) is 67.3. The molecule has 0 aliphatic carbocycles. The smallest absolute Gasteiger partial charge is 0.462 e. The lowest BCUT2D eigenvalue weighted by atomic mass is 10.00. The van der Waals surface area contributed by atoms with Crippen molar-refractivity contribution in [2.24, 2.45) is 23.7 Å². The molecule has 0 aromatic rings. The molecule has 0 heterocycles. The van der Waals surface area contributed by atoms with Crippen LogP contribution in [-0.2, 0) is 65.4 Å². The summed E-state index contributed by atoms with van der Waals surface area (Å²) in [7, 11) is -9.91. The number of esters is 4. The van der Waals surface area contributed by atoms with Crippen LogP contribution in [0.5, 0.6) is 0 Å². The maximum Gasteiger partial charge on any atom is 0.472 e. The fourth-order valence-corrected chi connectivity index (χ4v) is 12.9. The molecule has 3 N–H and O–H groups in total. The number of phosphoric ester groups is 2. The molecule has 0 bridgehead atoms. The largest absolute Gasteiger partial charge is 0.472 e. The van der Waals surface area contributed by atoms with E-state index in [9.17, 15) is 43.2 Å². The second kappa shape index (κ2) is 64.4. The van der Waals surface area contributed by atoms with E-state index in [0.29, 0.717) is 31.6 Å². The Bertz CT molecular complexity index is 1850. The first-order chi connectivity index (χ1) is 45.1. The minimum atomic E-state index is -4.96. The van der Waals surface area contributed by atoms with Gasteiger partial charge in [-0.15, -0.1) is 0 Å². The van der Waals surface area contributed by atoms with Crippen LogP contribution in [0.25, 0.3) is 0 Å². The summed E-state index contributed by atoms with van der Waals surface area (Å²) in [5.74, 6) is 0.873. The van der Waals surface area contributed by atoms with Crippen molar-refractivity contribution in [2.75, 3.05) is 39.6 Å². The predicted molar refractivity (Wildman–Crippen MR) is 381 cm³/mol. The first kappa shape index (κ1) is 92.1. The van der Waals surface area contributed by atoms with Crippen LogP contribution in [-0.4, -0.2) is 96.7 Å². The molecule has 0 aliphatic rings. The Morgan fingerprint density at radius 1 is 0.298 bits per heavy atom. The Balaban J connectivity index is 5.21. The van der Waals surface area contributed by atoms with Gasteiger partial charge >= 0.3 is 39.5 Å². The highest BCUT2D eigenvalue weighted by Gasteiger charge is 2.30. The van der Waals surface area contributed by atoms with E-state index in [1.54, 1.807) is 0 Å². The molecule has 6 atom stereocenters. The summed E-state index contributed by atoms with van der Waals surface area (Å²) in [5, 5.41) is 10.6. The number of carbonyl (C=O) groups is 4. The Hall–Kier alpha value is -1.94. The molecular formula is C75H146O17P2. The molecule has 94 heavy (non-hydrogen) atoms. The van der Waals surface area contributed by atoms with E-state index in [1.165, 1.54) is 173 Å². The van der Waals surface area contributed by atoms with Gasteiger partial charge in [-0.2, -0.15) is 0 Å². The number of aliphatic hydroxyl groups is 1. The van der Waals surface area contributed by atoms with Gasteiger partial charge in [-0.3, -0.25) is 37.3 Å². The molecule has 19 heteroatoms. The summed E-state index contributed by atoms with van der Waals surface area (Å²) in [6, 6.07) is 0. The van der Waals surface area contributed by atoms with Crippen LogP contribution in [0.1, 0.15) is 376 Å². The molecular weight excluding hydrogens is 1230 g/mol. The summed E-state index contributed by atoms with van der Waals surface area (Å²) in [5.41, 5.74) is 0. The molecule has 558 valence electrons. The Morgan fingerprint density at radius 2 is 0.511 bits per heavy atom. The fourth-order valence-electron chi connectivity index (χ4n) is 11.3. The van der Waals surface area contributed by atoms with Crippen LogP contribution in [0, 0.1) is 23.7 Å². The standard InChI is InChI=1S/C75H146O17P2/c1-9-68(8)54-46-38-32-34-40-48-56-73(78)86-62-71(92-75(80)58-50-42-33-31-37-45-53-67(6)7)64-90-94(83,84)88-60-69(76)59-87-93(81,82)89-63-70(61-85-72(77)55-47-39-29-25-21-18-14-16-20-24-28-36-44-52-66(4)5)91-74(79)57-49-41-30-26-22-17-13-11-10-12-15-19-23-27-35-43-51-65(2)3/h65-71,76H,9-64H2,1-8H3,(H,81,82)(H,83,84)/t68?,69-,70-,71-/m1/s1. The van der Waals surface area contributed by atoms with Crippen molar-refractivity contribution in [2.45, 2.75) is 395 Å². The number of aliphatic hydroxyl groups excluding tert-OH is 1. The highest BCUT2D eigenvalue weighted by atomic mass is 31.2. The monoisotopic (exact) mass is 1380 g/mol. The Labute approximate surface area is 575 Å². The number of hydrogen-bond donors (Lipinski definition) is 3.